The maximum absolute atomic E-state index is 13.3. The van der Waals surface area contributed by atoms with Gasteiger partial charge in [0.1, 0.15) is 11.5 Å². The van der Waals surface area contributed by atoms with Crippen LogP contribution in [0.25, 0.3) is 22.5 Å². The zero-order valence-corrected chi connectivity index (χ0v) is 15.8. The minimum Gasteiger partial charge on any atom is -0.294 e. The van der Waals surface area contributed by atoms with Gasteiger partial charge < -0.3 is 0 Å². The number of benzene rings is 1. The summed E-state index contributed by atoms with van der Waals surface area (Å²) in [6.45, 7) is 7.66. The number of carbonyl (C=O) groups excluding carboxylic acids is 1. The number of aromatic nitrogens is 4. The largest absolute Gasteiger partial charge is 0.294 e. The number of hydrogen-bond acceptors (Lipinski definition) is 4. The van der Waals surface area contributed by atoms with E-state index >= 15 is 0 Å². The van der Waals surface area contributed by atoms with Crippen molar-refractivity contribution in [3.8, 4) is 22.5 Å². The molecule has 27 heavy (non-hydrogen) atoms. The van der Waals surface area contributed by atoms with Gasteiger partial charge in [0.15, 0.2) is 0 Å². The molecule has 0 aliphatic heterocycles. The molecule has 0 saturated carbocycles. The molecule has 6 nitrogen and oxygen atoms in total. The molecular formula is C20H22FN5O. The monoisotopic (exact) mass is 367 g/mol. The van der Waals surface area contributed by atoms with E-state index in [-0.39, 0.29) is 29.6 Å². The van der Waals surface area contributed by atoms with Crippen molar-refractivity contribution in [1.82, 2.24) is 19.7 Å². The molecule has 0 fully saturated rings. The zero-order chi connectivity index (χ0) is 19.6. The molecule has 2 aromatic heterocycles. The van der Waals surface area contributed by atoms with Crippen LogP contribution in [0.3, 0.4) is 0 Å². The van der Waals surface area contributed by atoms with Gasteiger partial charge in [0.2, 0.25) is 11.9 Å². The molecule has 7 heteroatoms. The molecule has 0 saturated heterocycles. The summed E-state index contributed by atoms with van der Waals surface area (Å²) in [5.74, 6) is -0.377. The lowest BCUT2D eigenvalue weighted by Crippen LogP contribution is -2.19. The second-order valence-corrected chi connectivity index (χ2v) is 6.88. The molecule has 2 heterocycles. The van der Waals surface area contributed by atoms with Crippen molar-refractivity contribution in [1.29, 1.82) is 0 Å². The third kappa shape index (κ3) is 4.19. The van der Waals surface area contributed by atoms with Gasteiger partial charge in [-0.2, -0.15) is 5.10 Å². The van der Waals surface area contributed by atoms with Gasteiger partial charge >= 0.3 is 0 Å². The molecule has 0 atom stereocenters. The molecule has 0 aliphatic carbocycles. The Balaban J connectivity index is 2.05. The van der Waals surface area contributed by atoms with Gasteiger partial charge in [-0.1, -0.05) is 13.8 Å². The van der Waals surface area contributed by atoms with E-state index in [1.165, 1.54) is 12.1 Å². The topological polar surface area (TPSA) is 72.7 Å². The van der Waals surface area contributed by atoms with Crippen molar-refractivity contribution in [2.45, 2.75) is 33.7 Å². The minimum atomic E-state index is -0.302. The van der Waals surface area contributed by atoms with Crippen LogP contribution in [-0.2, 0) is 4.79 Å². The second kappa shape index (κ2) is 7.65. The van der Waals surface area contributed by atoms with Crippen molar-refractivity contribution in [2.24, 2.45) is 5.92 Å². The predicted octanol–water partition coefficient (Wildman–Crippen LogP) is 4.32. The Kier molecular flexibility index (Phi) is 5.30. The molecule has 0 aliphatic rings. The van der Waals surface area contributed by atoms with E-state index in [1.807, 2.05) is 24.7 Å². The summed E-state index contributed by atoms with van der Waals surface area (Å²) >= 11 is 0. The van der Waals surface area contributed by atoms with E-state index in [0.29, 0.717) is 11.4 Å². The van der Waals surface area contributed by atoms with Crippen LogP contribution in [0, 0.1) is 11.7 Å². The normalized spacial score (nSPS) is 11.2. The molecule has 0 unspecified atom stereocenters. The molecular weight excluding hydrogens is 345 g/mol. The van der Waals surface area contributed by atoms with Crippen LogP contribution in [-0.4, -0.2) is 25.7 Å². The molecule has 1 N–H and O–H groups in total. The third-order valence-electron chi connectivity index (χ3n) is 4.07. The van der Waals surface area contributed by atoms with E-state index < -0.39 is 0 Å². The van der Waals surface area contributed by atoms with Gasteiger partial charge in [-0.3, -0.25) is 14.8 Å². The number of amides is 1. The maximum atomic E-state index is 13.3. The Labute approximate surface area is 157 Å². The fourth-order valence-corrected chi connectivity index (χ4v) is 2.49. The molecule has 0 spiro atoms. The minimum absolute atomic E-state index is 0.149. The van der Waals surface area contributed by atoms with Crippen LogP contribution in [0.2, 0.25) is 0 Å². The number of nitrogens with one attached hydrogen (secondary N) is 1. The number of nitrogens with zero attached hydrogens (tertiary/aromatic N) is 4. The first-order valence-corrected chi connectivity index (χ1v) is 8.84. The molecule has 1 aromatic carbocycles. The molecule has 140 valence electrons. The van der Waals surface area contributed by atoms with Crippen LogP contribution < -0.4 is 5.32 Å². The lowest BCUT2D eigenvalue weighted by Gasteiger charge is -2.07. The number of rotatable bonds is 5. The number of hydrogen-bond donors (Lipinski definition) is 1. The highest BCUT2D eigenvalue weighted by atomic mass is 19.1. The molecule has 0 radical (unpaired) electrons. The average Bonchev–Trinajstić information content (AvgIpc) is 3.08. The lowest BCUT2D eigenvalue weighted by molar-refractivity contribution is -0.118. The highest BCUT2D eigenvalue weighted by Gasteiger charge is 2.17. The highest BCUT2D eigenvalue weighted by molar-refractivity contribution is 5.90. The molecule has 0 bridgehead atoms. The van der Waals surface area contributed by atoms with Crippen LogP contribution in [0.5, 0.6) is 0 Å². The number of anilines is 1. The van der Waals surface area contributed by atoms with Gasteiger partial charge in [-0.05, 0) is 44.2 Å². The lowest BCUT2D eigenvalue weighted by atomic mass is 10.1. The van der Waals surface area contributed by atoms with Crippen LogP contribution in [0.1, 0.15) is 33.7 Å². The van der Waals surface area contributed by atoms with Gasteiger partial charge in [0.05, 0.1) is 5.69 Å². The number of halogens is 1. The van der Waals surface area contributed by atoms with E-state index in [2.05, 4.69) is 20.4 Å². The van der Waals surface area contributed by atoms with Crippen molar-refractivity contribution < 1.29 is 9.18 Å². The average molecular weight is 367 g/mol. The Hall–Kier alpha value is -3.09. The quantitative estimate of drug-likeness (QED) is 0.729. The number of carbonyl (C=O) groups is 1. The summed E-state index contributed by atoms with van der Waals surface area (Å²) in [6, 6.07) is 8.10. The van der Waals surface area contributed by atoms with Crippen molar-refractivity contribution >= 4 is 11.9 Å². The Morgan fingerprint density at radius 3 is 2.44 bits per heavy atom. The predicted molar refractivity (Wildman–Crippen MR) is 102 cm³/mol. The van der Waals surface area contributed by atoms with E-state index in [9.17, 15) is 9.18 Å². The highest BCUT2D eigenvalue weighted by Crippen LogP contribution is 2.31. The molecule has 3 rings (SSSR count). The third-order valence-corrected chi connectivity index (χ3v) is 4.07. The summed E-state index contributed by atoms with van der Waals surface area (Å²) in [7, 11) is 0. The summed E-state index contributed by atoms with van der Waals surface area (Å²) in [4.78, 5) is 20.5. The Morgan fingerprint density at radius 2 is 1.81 bits per heavy atom. The van der Waals surface area contributed by atoms with E-state index in [0.717, 1.165) is 11.1 Å². The maximum Gasteiger partial charge on any atom is 0.229 e. The summed E-state index contributed by atoms with van der Waals surface area (Å²) in [6.07, 6.45) is 3.50. The first kappa shape index (κ1) is 18.7. The summed E-state index contributed by atoms with van der Waals surface area (Å²) in [5.41, 5.74) is 2.91. The summed E-state index contributed by atoms with van der Waals surface area (Å²) < 4.78 is 15.1. The second-order valence-electron chi connectivity index (χ2n) is 6.88. The summed E-state index contributed by atoms with van der Waals surface area (Å²) in [5, 5.41) is 7.36. The van der Waals surface area contributed by atoms with Crippen molar-refractivity contribution in [3.63, 3.8) is 0 Å². The van der Waals surface area contributed by atoms with Gasteiger partial charge in [-0.25, -0.2) is 14.4 Å². The first-order chi connectivity index (χ1) is 12.8. The standard InChI is InChI=1S/C20H22FN5O/c1-12(2)19(27)24-20-22-10-9-17(23-20)16-11-26(13(3)4)25-18(16)14-5-7-15(21)8-6-14/h5-13H,1-4H3,(H,22,23,24,27). The first-order valence-electron chi connectivity index (χ1n) is 8.84. The van der Waals surface area contributed by atoms with Crippen LogP contribution in [0.4, 0.5) is 10.3 Å². The van der Waals surface area contributed by atoms with Gasteiger partial charge in [0.25, 0.3) is 0 Å². The van der Waals surface area contributed by atoms with E-state index in [4.69, 9.17) is 0 Å². The molecule has 1 amide bonds. The van der Waals surface area contributed by atoms with Gasteiger partial charge in [-0.15, -0.1) is 0 Å². The fraction of sp³-hybridized carbons (Fsp3) is 0.300. The van der Waals surface area contributed by atoms with Crippen molar-refractivity contribution in [2.75, 3.05) is 5.32 Å². The molecule has 3 aromatic rings. The Morgan fingerprint density at radius 1 is 1.11 bits per heavy atom. The van der Waals surface area contributed by atoms with E-state index in [1.54, 1.807) is 38.2 Å². The van der Waals surface area contributed by atoms with Crippen molar-refractivity contribution in [3.05, 3.63) is 48.5 Å². The smallest absolute Gasteiger partial charge is 0.229 e. The van der Waals surface area contributed by atoms with Crippen LogP contribution >= 0.6 is 0 Å². The zero-order valence-electron chi connectivity index (χ0n) is 15.8. The van der Waals surface area contributed by atoms with Crippen LogP contribution in [0.15, 0.2) is 42.7 Å². The fourth-order valence-electron chi connectivity index (χ4n) is 2.49. The Bertz CT molecular complexity index is 947. The SMILES string of the molecule is CC(C)C(=O)Nc1nccc(-c2cn(C(C)C)nc2-c2ccc(F)cc2)n1. The van der Waals surface area contributed by atoms with Gasteiger partial charge in [0, 0.05) is 35.5 Å².